The topological polar surface area (TPSA) is 25.8 Å². The van der Waals surface area contributed by atoms with Gasteiger partial charge in [0, 0.05) is 21.9 Å². The third-order valence-electron chi connectivity index (χ3n) is 11.0. The Balaban J connectivity index is 1.47. The van der Waals surface area contributed by atoms with Crippen molar-refractivity contribution in [3.63, 3.8) is 0 Å². The van der Waals surface area contributed by atoms with Crippen LogP contribution in [-0.4, -0.2) is 9.97 Å². The maximum Gasteiger partial charge on any atom is 0.0978 e. The number of hydrogen-bond donors (Lipinski definition) is 0. The molecule has 0 radical (unpaired) electrons. The van der Waals surface area contributed by atoms with E-state index in [2.05, 4.69) is 175 Å². The molecule has 0 amide bonds. The lowest BCUT2D eigenvalue weighted by atomic mass is 9.88. The largest absolute Gasteiger partial charge is 0.245 e. The van der Waals surface area contributed by atoms with Crippen molar-refractivity contribution in [3.8, 4) is 44.8 Å². The molecule has 7 aromatic carbocycles. The Morgan fingerprint density at radius 3 is 1.13 bits per heavy atom. The van der Waals surface area contributed by atoms with Crippen molar-refractivity contribution in [2.24, 2.45) is 0 Å². The SMILES string of the molecule is Cc1cc(C)c2cccc(C)c2c1-c1cc(-c2ccccc2)c2ccc3c(-c4ccccc4)cc(-c4c(C)cc(C)c5cccc(C)c45)nc3c2n1. The number of fused-ring (bicyclic) bond motifs is 5. The molecule has 0 unspecified atom stereocenters. The first-order chi connectivity index (χ1) is 25.3. The molecule has 52 heavy (non-hydrogen) atoms. The van der Waals surface area contributed by atoms with Gasteiger partial charge in [0.1, 0.15) is 0 Å². The quantitative estimate of drug-likeness (QED) is 0.174. The average Bonchev–Trinajstić information content (AvgIpc) is 3.15. The van der Waals surface area contributed by atoms with E-state index >= 15 is 0 Å². The standard InChI is InChI=1S/C50H40N2/c1-29-15-13-21-37-31(3)25-33(5)47(45(29)37)43-27-41(35-17-9-7-10-18-35)39-23-24-40-42(36-19-11-8-12-20-36)28-44(52-50(40)49(39)51-43)48-34(6)26-32(4)38-22-14-16-30(2)46(38)48/h7-28H,1-6H3. The summed E-state index contributed by atoms with van der Waals surface area (Å²) in [4.78, 5) is 11.3. The van der Waals surface area contributed by atoms with Crippen LogP contribution in [0.3, 0.4) is 0 Å². The summed E-state index contributed by atoms with van der Waals surface area (Å²) in [6.07, 6.45) is 0. The van der Waals surface area contributed by atoms with E-state index in [0.29, 0.717) is 0 Å². The summed E-state index contributed by atoms with van der Waals surface area (Å²) in [5, 5.41) is 7.26. The Bertz CT molecular complexity index is 2690. The van der Waals surface area contributed by atoms with Gasteiger partial charge in [-0.3, -0.25) is 0 Å². The van der Waals surface area contributed by atoms with Crippen molar-refractivity contribution in [2.45, 2.75) is 41.5 Å². The number of rotatable bonds is 4. The lowest BCUT2D eigenvalue weighted by molar-refractivity contribution is 1.33. The van der Waals surface area contributed by atoms with Crippen molar-refractivity contribution >= 4 is 43.4 Å². The molecular weight excluding hydrogens is 629 g/mol. The van der Waals surface area contributed by atoms with Gasteiger partial charge in [0.15, 0.2) is 0 Å². The zero-order valence-corrected chi connectivity index (χ0v) is 30.6. The minimum absolute atomic E-state index is 0.917. The molecule has 2 aromatic heterocycles. The van der Waals surface area contributed by atoms with E-state index in [4.69, 9.17) is 9.97 Å². The first kappa shape index (κ1) is 31.8. The normalized spacial score (nSPS) is 11.7. The van der Waals surface area contributed by atoms with Gasteiger partial charge >= 0.3 is 0 Å². The van der Waals surface area contributed by atoms with Crippen LogP contribution in [0.1, 0.15) is 33.4 Å². The van der Waals surface area contributed by atoms with Crippen molar-refractivity contribution < 1.29 is 0 Å². The Kier molecular flexibility index (Phi) is 7.52. The zero-order valence-electron chi connectivity index (χ0n) is 30.6. The van der Waals surface area contributed by atoms with Crippen molar-refractivity contribution in [1.29, 1.82) is 0 Å². The Morgan fingerprint density at radius 2 is 0.731 bits per heavy atom. The van der Waals surface area contributed by atoms with E-state index in [1.54, 1.807) is 0 Å². The molecule has 0 aliphatic carbocycles. The minimum Gasteiger partial charge on any atom is -0.245 e. The van der Waals surface area contributed by atoms with Crippen LogP contribution in [0, 0.1) is 41.5 Å². The highest BCUT2D eigenvalue weighted by Gasteiger charge is 2.21. The van der Waals surface area contributed by atoms with E-state index in [9.17, 15) is 0 Å². The second-order valence-electron chi connectivity index (χ2n) is 14.5. The van der Waals surface area contributed by atoms with Gasteiger partial charge in [-0.15, -0.1) is 0 Å². The summed E-state index contributed by atoms with van der Waals surface area (Å²) < 4.78 is 0. The van der Waals surface area contributed by atoms with Gasteiger partial charge in [-0.2, -0.15) is 0 Å². The fourth-order valence-corrected chi connectivity index (χ4v) is 8.60. The van der Waals surface area contributed by atoms with Crippen LogP contribution in [0.4, 0.5) is 0 Å². The fraction of sp³-hybridized carbons (Fsp3) is 0.120. The maximum absolute atomic E-state index is 5.67. The molecule has 2 heterocycles. The molecule has 2 nitrogen and oxygen atoms in total. The van der Waals surface area contributed by atoms with Gasteiger partial charge in [0.2, 0.25) is 0 Å². The predicted molar refractivity (Wildman–Crippen MR) is 222 cm³/mol. The fourth-order valence-electron chi connectivity index (χ4n) is 8.60. The van der Waals surface area contributed by atoms with Crippen LogP contribution in [0.2, 0.25) is 0 Å². The molecule has 0 fully saturated rings. The number of aryl methyl sites for hydroxylation is 6. The molecular formula is C50H40N2. The van der Waals surface area contributed by atoms with Gasteiger partial charge in [-0.25, -0.2) is 9.97 Å². The third-order valence-corrected chi connectivity index (χ3v) is 11.0. The second kappa shape index (κ2) is 12.3. The number of pyridine rings is 2. The Labute approximate surface area is 305 Å². The van der Waals surface area contributed by atoms with Gasteiger partial charge < -0.3 is 0 Å². The van der Waals surface area contributed by atoms with Crippen LogP contribution in [0.25, 0.3) is 88.1 Å². The van der Waals surface area contributed by atoms with Gasteiger partial charge in [-0.05, 0) is 131 Å². The van der Waals surface area contributed by atoms with Gasteiger partial charge in [0.05, 0.1) is 22.4 Å². The maximum atomic E-state index is 5.67. The lowest BCUT2D eigenvalue weighted by Gasteiger charge is -2.19. The molecule has 0 saturated heterocycles. The smallest absolute Gasteiger partial charge is 0.0978 e. The molecule has 250 valence electrons. The molecule has 0 N–H and O–H groups in total. The van der Waals surface area contributed by atoms with Crippen LogP contribution >= 0.6 is 0 Å². The van der Waals surface area contributed by atoms with Crippen LogP contribution < -0.4 is 0 Å². The summed E-state index contributed by atoms with van der Waals surface area (Å²) in [6, 6.07) is 48.5. The summed E-state index contributed by atoms with van der Waals surface area (Å²) in [5.74, 6) is 0. The zero-order chi connectivity index (χ0) is 35.7. The molecule has 0 aliphatic heterocycles. The van der Waals surface area contributed by atoms with E-state index in [1.807, 2.05) is 0 Å². The molecule has 9 rings (SSSR count). The molecule has 0 atom stereocenters. The van der Waals surface area contributed by atoms with Crippen molar-refractivity contribution in [1.82, 2.24) is 9.97 Å². The Morgan fingerprint density at radius 1 is 0.327 bits per heavy atom. The first-order valence-corrected chi connectivity index (χ1v) is 18.2. The van der Waals surface area contributed by atoms with Gasteiger partial charge in [-0.1, -0.05) is 121 Å². The van der Waals surface area contributed by atoms with Crippen LogP contribution in [-0.2, 0) is 0 Å². The van der Waals surface area contributed by atoms with E-state index in [1.165, 1.54) is 66.1 Å². The monoisotopic (exact) mass is 668 g/mol. The second-order valence-corrected chi connectivity index (χ2v) is 14.5. The highest BCUT2D eigenvalue weighted by atomic mass is 14.8. The Hall–Kier alpha value is -6.12. The number of benzene rings is 7. The molecule has 0 bridgehead atoms. The van der Waals surface area contributed by atoms with Gasteiger partial charge in [0.25, 0.3) is 0 Å². The van der Waals surface area contributed by atoms with Crippen molar-refractivity contribution in [3.05, 3.63) is 167 Å². The van der Waals surface area contributed by atoms with E-state index in [0.717, 1.165) is 55.4 Å². The molecule has 2 heteroatoms. The van der Waals surface area contributed by atoms with Crippen LogP contribution in [0.15, 0.2) is 133 Å². The first-order valence-electron chi connectivity index (χ1n) is 18.2. The number of aromatic nitrogens is 2. The summed E-state index contributed by atoms with van der Waals surface area (Å²) in [7, 11) is 0. The molecule has 0 aliphatic rings. The summed E-state index contributed by atoms with van der Waals surface area (Å²) in [6.45, 7) is 13.3. The highest BCUT2D eigenvalue weighted by Crippen LogP contribution is 2.43. The van der Waals surface area contributed by atoms with Crippen molar-refractivity contribution in [2.75, 3.05) is 0 Å². The highest BCUT2D eigenvalue weighted by molar-refractivity contribution is 6.15. The molecule has 0 saturated carbocycles. The number of nitrogens with zero attached hydrogens (tertiary/aromatic N) is 2. The lowest BCUT2D eigenvalue weighted by Crippen LogP contribution is -1.99. The average molecular weight is 669 g/mol. The number of hydrogen-bond acceptors (Lipinski definition) is 2. The summed E-state index contributed by atoms with van der Waals surface area (Å²) >= 11 is 0. The van der Waals surface area contributed by atoms with Crippen LogP contribution in [0.5, 0.6) is 0 Å². The third kappa shape index (κ3) is 5.01. The van der Waals surface area contributed by atoms with E-state index in [-0.39, 0.29) is 0 Å². The predicted octanol–water partition coefficient (Wildman–Crippen LogP) is 13.6. The van der Waals surface area contributed by atoms with E-state index < -0.39 is 0 Å². The minimum atomic E-state index is 0.917. The molecule has 0 spiro atoms. The molecule has 9 aromatic rings. The summed E-state index contributed by atoms with van der Waals surface area (Å²) in [5.41, 5.74) is 18.3.